The van der Waals surface area contributed by atoms with Crippen LogP contribution in [0.5, 0.6) is 0 Å². The lowest BCUT2D eigenvalue weighted by molar-refractivity contribution is -0.137. The summed E-state index contributed by atoms with van der Waals surface area (Å²) in [6.45, 7) is 13.2. The molecule has 2 aromatic rings. The molecule has 2 N–H and O–H groups in total. The molecule has 0 saturated carbocycles. The van der Waals surface area contributed by atoms with Gasteiger partial charge in [-0.1, -0.05) is 50.3 Å². The van der Waals surface area contributed by atoms with Crippen LogP contribution in [-0.4, -0.2) is 36.1 Å². The van der Waals surface area contributed by atoms with E-state index in [1.165, 1.54) is 5.56 Å². The summed E-state index contributed by atoms with van der Waals surface area (Å²) in [6.07, 6.45) is -3.60. The Hall–Kier alpha value is -2.54. The molecule has 1 aliphatic rings. The summed E-state index contributed by atoms with van der Waals surface area (Å²) in [5.41, 5.74) is 8.66. The summed E-state index contributed by atoms with van der Waals surface area (Å²) < 4.78 is 39.1. The SMILES string of the molecule is C=C(C)CN1CCN(c2ncc(C(F)(F)F)cc2N)C(c2ccc(C(C)C)cc2)C1. The van der Waals surface area contributed by atoms with Crippen LogP contribution in [0, 0.1) is 0 Å². The number of hydrogen-bond acceptors (Lipinski definition) is 4. The average Bonchev–Trinajstić information content (AvgIpc) is 2.67. The molecule has 0 radical (unpaired) electrons. The van der Waals surface area contributed by atoms with Crippen LogP contribution >= 0.6 is 0 Å². The molecule has 7 heteroatoms. The third-order valence-electron chi connectivity index (χ3n) is 5.44. The van der Waals surface area contributed by atoms with Gasteiger partial charge in [0.25, 0.3) is 0 Å². The van der Waals surface area contributed by atoms with E-state index in [1.54, 1.807) is 0 Å². The minimum Gasteiger partial charge on any atom is -0.396 e. The number of aromatic nitrogens is 1. The first kappa shape index (κ1) is 22.2. The molecule has 1 aromatic heterocycles. The number of nitrogens with two attached hydrogens (primary N) is 1. The van der Waals surface area contributed by atoms with Gasteiger partial charge in [-0.05, 0) is 30.0 Å². The standard InChI is InChI=1S/C23H29F3N4/c1-15(2)13-29-9-10-30(22-20(27)11-19(12-28-22)23(24,25)26)21(14-29)18-7-5-17(6-8-18)16(3)4/h5-8,11-12,16,21H,1,9-10,13-14,27H2,2-4H3. The number of alkyl halides is 3. The number of piperazine rings is 1. The van der Waals surface area contributed by atoms with E-state index in [0.29, 0.717) is 18.3 Å². The smallest absolute Gasteiger partial charge is 0.396 e. The van der Waals surface area contributed by atoms with E-state index in [1.807, 2.05) is 11.8 Å². The molecule has 1 atom stereocenters. The molecular formula is C23H29F3N4. The van der Waals surface area contributed by atoms with E-state index in [9.17, 15) is 13.2 Å². The number of anilines is 2. The van der Waals surface area contributed by atoms with Crippen LogP contribution in [-0.2, 0) is 6.18 Å². The molecule has 1 saturated heterocycles. The van der Waals surface area contributed by atoms with Crippen LogP contribution in [0.2, 0.25) is 0 Å². The van der Waals surface area contributed by atoms with E-state index >= 15 is 0 Å². The highest BCUT2D eigenvalue weighted by atomic mass is 19.4. The Morgan fingerprint density at radius 2 is 1.90 bits per heavy atom. The third-order valence-corrected chi connectivity index (χ3v) is 5.44. The maximum atomic E-state index is 13.0. The highest BCUT2D eigenvalue weighted by Gasteiger charge is 2.34. The first-order valence-electron chi connectivity index (χ1n) is 10.1. The fraction of sp³-hybridized carbons (Fsp3) is 0.435. The van der Waals surface area contributed by atoms with Gasteiger partial charge in [-0.2, -0.15) is 13.2 Å². The van der Waals surface area contributed by atoms with Crippen LogP contribution in [0.1, 0.15) is 49.4 Å². The van der Waals surface area contributed by atoms with Crippen LogP contribution in [0.15, 0.2) is 48.7 Å². The number of halogens is 3. The Bertz CT molecular complexity index is 890. The van der Waals surface area contributed by atoms with Crippen molar-refractivity contribution in [2.75, 3.05) is 36.8 Å². The lowest BCUT2D eigenvalue weighted by atomic mass is 9.96. The zero-order chi connectivity index (χ0) is 22.1. The highest BCUT2D eigenvalue weighted by molar-refractivity contribution is 5.65. The van der Waals surface area contributed by atoms with Crippen molar-refractivity contribution in [1.82, 2.24) is 9.88 Å². The second-order valence-electron chi connectivity index (χ2n) is 8.36. The Balaban J connectivity index is 1.96. The van der Waals surface area contributed by atoms with Crippen LogP contribution < -0.4 is 10.6 Å². The minimum absolute atomic E-state index is 0.0435. The molecule has 30 heavy (non-hydrogen) atoms. The van der Waals surface area contributed by atoms with Gasteiger partial charge in [0.2, 0.25) is 0 Å². The normalized spacial score (nSPS) is 18.1. The summed E-state index contributed by atoms with van der Waals surface area (Å²) in [7, 11) is 0. The summed E-state index contributed by atoms with van der Waals surface area (Å²) >= 11 is 0. The molecule has 1 fully saturated rings. The molecule has 1 aromatic carbocycles. The molecule has 3 rings (SSSR count). The summed E-state index contributed by atoms with van der Waals surface area (Å²) in [6, 6.07) is 9.32. The predicted molar refractivity (Wildman–Crippen MR) is 116 cm³/mol. The molecule has 4 nitrogen and oxygen atoms in total. The zero-order valence-corrected chi connectivity index (χ0v) is 17.7. The molecule has 0 aliphatic carbocycles. The van der Waals surface area contributed by atoms with Crippen molar-refractivity contribution in [1.29, 1.82) is 0 Å². The van der Waals surface area contributed by atoms with Gasteiger partial charge in [-0.25, -0.2) is 4.98 Å². The molecular weight excluding hydrogens is 389 g/mol. The van der Waals surface area contributed by atoms with Crippen LogP contribution in [0.25, 0.3) is 0 Å². The Kier molecular flexibility index (Phi) is 6.41. The van der Waals surface area contributed by atoms with Crippen LogP contribution in [0.4, 0.5) is 24.7 Å². The number of benzene rings is 1. The Morgan fingerprint density at radius 1 is 1.23 bits per heavy atom. The fourth-order valence-corrected chi connectivity index (χ4v) is 3.88. The third kappa shape index (κ3) is 4.95. The second-order valence-corrected chi connectivity index (χ2v) is 8.36. The first-order valence-corrected chi connectivity index (χ1v) is 10.1. The quantitative estimate of drug-likeness (QED) is 0.674. The molecule has 1 aliphatic heterocycles. The van der Waals surface area contributed by atoms with E-state index in [4.69, 9.17) is 5.73 Å². The summed E-state index contributed by atoms with van der Waals surface area (Å²) in [4.78, 5) is 8.45. The van der Waals surface area contributed by atoms with Crippen molar-refractivity contribution >= 4 is 11.5 Å². The number of nitrogens with zero attached hydrogens (tertiary/aromatic N) is 3. The van der Waals surface area contributed by atoms with Gasteiger partial charge >= 0.3 is 6.18 Å². The van der Waals surface area contributed by atoms with E-state index in [2.05, 4.69) is 54.6 Å². The van der Waals surface area contributed by atoms with Gasteiger partial charge in [0, 0.05) is 32.4 Å². The average molecular weight is 419 g/mol. The maximum absolute atomic E-state index is 13.0. The molecule has 0 bridgehead atoms. The monoisotopic (exact) mass is 418 g/mol. The van der Waals surface area contributed by atoms with Crippen molar-refractivity contribution in [2.45, 2.75) is 38.9 Å². The van der Waals surface area contributed by atoms with E-state index in [0.717, 1.165) is 43.0 Å². The number of pyridine rings is 1. The number of nitrogen functional groups attached to an aromatic ring is 1. The van der Waals surface area contributed by atoms with Crippen LogP contribution in [0.3, 0.4) is 0 Å². The Morgan fingerprint density at radius 3 is 2.43 bits per heavy atom. The second kappa shape index (κ2) is 8.68. The lowest BCUT2D eigenvalue weighted by Crippen LogP contribution is -2.49. The Labute approximate surface area is 176 Å². The molecule has 162 valence electrons. The molecule has 0 spiro atoms. The van der Waals surface area contributed by atoms with E-state index < -0.39 is 11.7 Å². The van der Waals surface area contributed by atoms with Gasteiger partial charge in [0.05, 0.1) is 17.3 Å². The molecule has 1 unspecified atom stereocenters. The summed E-state index contributed by atoms with van der Waals surface area (Å²) in [5.74, 6) is 0.824. The van der Waals surface area contributed by atoms with Crippen molar-refractivity contribution in [3.63, 3.8) is 0 Å². The van der Waals surface area contributed by atoms with Crippen molar-refractivity contribution in [2.24, 2.45) is 0 Å². The topological polar surface area (TPSA) is 45.4 Å². The lowest BCUT2D eigenvalue weighted by Gasteiger charge is -2.43. The maximum Gasteiger partial charge on any atom is 0.417 e. The largest absolute Gasteiger partial charge is 0.417 e. The first-order chi connectivity index (χ1) is 14.1. The van der Waals surface area contributed by atoms with Crippen molar-refractivity contribution in [3.05, 3.63) is 65.4 Å². The molecule has 2 heterocycles. The molecule has 0 amide bonds. The van der Waals surface area contributed by atoms with Gasteiger partial charge in [-0.15, -0.1) is 0 Å². The summed E-state index contributed by atoms with van der Waals surface area (Å²) in [5, 5.41) is 0. The number of hydrogen-bond donors (Lipinski definition) is 1. The van der Waals surface area contributed by atoms with Gasteiger partial charge in [0.15, 0.2) is 5.82 Å². The zero-order valence-electron chi connectivity index (χ0n) is 17.7. The highest BCUT2D eigenvalue weighted by Crippen LogP contribution is 2.36. The number of rotatable bonds is 5. The minimum atomic E-state index is -4.47. The van der Waals surface area contributed by atoms with E-state index in [-0.39, 0.29) is 11.7 Å². The predicted octanol–water partition coefficient (Wildman–Crippen LogP) is 5.25. The van der Waals surface area contributed by atoms with Crippen molar-refractivity contribution < 1.29 is 13.2 Å². The van der Waals surface area contributed by atoms with Crippen molar-refractivity contribution in [3.8, 4) is 0 Å². The van der Waals surface area contributed by atoms with Gasteiger partial charge in [-0.3, -0.25) is 4.90 Å². The fourth-order valence-electron chi connectivity index (χ4n) is 3.88. The van der Waals surface area contributed by atoms with Gasteiger partial charge < -0.3 is 10.6 Å². The van der Waals surface area contributed by atoms with Gasteiger partial charge in [0.1, 0.15) is 0 Å².